The highest BCUT2D eigenvalue weighted by atomic mass is 32.2. The summed E-state index contributed by atoms with van der Waals surface area (Å²) in [6, 6.07) is 2.11. The molecule has 0 aromatic heterocycles. The van der Waals surface area contributed by atoms with E-state index in [1.807, 2.05) is 13.8 Å². The van der Waals surface area contributed by atoms with Crippen LogP contribution >= 0.6 is 0 Å². The third-order valence-corrected chi connectivity index (χ3v) is 3.44. The molecule has 0 bridgehead atoms. The molecule has 0 aromatic carbocycles. The zero-order valence-corrected chi connectivity index (χ0v) is 9.36. The third-order valence-electron chi connectivity index (χ3n) is 2.07. The molecule has 3 unspecified atom stereocenters. The Morgan fingerprint density at radius 2 is 2.23 bits per heavy atom. The molecule has 4 heteroatoms. The van der Waals surface area contributed by atoms with Crippen molar-refractivity contribution < 1.29 is 4.21 Å². The molecule has 3 nitrogen and oxygen atoms in total. The van der Waals surface area contributed by atoms with Crippen molar-refractivity contribution in [3.05, 3.63) is 0 Å². The molecule has 3 atom stereocenters. The molecule has 0 saturated heterocycles. The molecule has 0 aromatic rings. The minimum Gasteiger partial charge on any atom is -0.302 e. The Kier molecular flexibility index (Phi) is 6.83. The van der Waals surface area contributed by atoms with Crippen LogP contribution in [0.2, 0.25) is 0 Å². The van der Waals surface area contributed by atoms with Gasteiger partial charge in [0.2, 0.25) is 0 Å². The number of nitriles is 1. The van der Waals surface area contributed by atoms with Crippen LogP contribution < -0.4 is 5.32 Å². The maximum Gasteiger partial charge on any atom is 0.0950 e. The van der Waals surface area contributed by atoms with Crippen molar-refractivity contribution in [2.75, 3.05) is 12.8 Å². The summed E-state index contributed by atoms with van der Waals surface area (Å²) in [6.07, 6.45) is 3.40. The van der Waals surface area contributed by atoms with Gasteiger partial charge in [-0.1, -0.05) is 13.8 Å². The molecule has 0 amide bonds. The van der Waals surface area contributed by atoms with Gasteiger partial charge >= 0.3 is 0 Å². The molecular weight excluding hydrogens is 184 g/mol. The number of rotatable bonds is 6. The van der Waals surface area contributed by atoms with Crippen molar-refractivity contribution in [1.82, 2.24) is 5.32 Å². The lowest BCUT2D eigenvalue weighted by molar-refractivity contribution is 0.565. The smallest absolute Gasteiger partial charge is 0.0950 e. The van der Waals surface area contributed by atoms with Crippen molar-refractivity contribution in [3.8, 4) is 6.07 Å². The van der Waals surface area contributed by atoms with Crippen LogP contribution in [0, 0.1) is 11.3 Å². The van der Waals surface area contributed by atoms with Gasteiger partial charge in [-0.25, -0.2) is 0 Å². The number of nitrogens with one attached hydrogen (secondary N) is 1. The Labute approximate surface area is 83.0 Å². The first-order valence-electron chi connectivity index (χ1n) is 4.57. The van der Waals surface area contributed by atoms with E-state index in [4.69, 9.17) is 5.26 Å². The number of nitrogens with zero attached hydrogens (tertiary/aromatic N) is 1. The van der Waals surface area contributed by atoms with Crippen molar-refractivity contribution >= 4 is 10.8 Å². The lowest BCUT2D eigenvalue weighted by atomic mass is 10.2. The van der Waals surface area contributed by atoms with E-state index in [0.717, 1.165) is 19.4 Å². The highest BCUT2D eigenvalue weighted by Gasteiger charge is 2.07. The van der Waals surface area contributed by atoms with E-state index < -0.39 is 10.8 Å². The average Bonchev–Trinajstić information content (AvgIpc) is 2.12. The summed E-state index contributed by atoms with van der Waals surface area (Å²) in [5.74, 6) is 0. The van der Waals surface area contributed by atoms with Gasteiger partial charge in [0, 0.05) is 22.3 Å². The van der Waals surface area contributed by atoms with E-state index in [-0.39, 0.29) is 11.3 Å². The zero-order valence-electron chi connectivity index (χ0n) is 8.54. The van der Waals surface area contributed by atoms with Gasteiger partial charge in [0.05, 0.1) is 12.1 Å². The fraction of sp³-hybridized carbons (Fsp3) is 0.889. The van der Waals surface area contributed by atoms with Crippen LogP contribution in [-0.2, 0) is 10.8 Å². The predicted octanol–water partition coefficient (Wildman–Crippen LogP) is 1.04. The zero-order chi connectivity index (χ0) is 10.3. The van der Waals surface area contributed by atoms with E-state index in [2.05, 4.69) is 11.4 Å². The molecule has 0 heterocycles. The minimum atomic E-state index is -0.752. The van der Waals surface area contributed by atoms with Crippen molar-refractivity contribution in [3.63, 3.8) is 0 Å². The van der Waals surface area contributed by atoms with Crippen LogP contribution in [0.1, 0.15) is 26.7 Å². The molecule has 76 valence electrons. The Morgan fingerprint density at radius 3 is 2.62 bits per heavy atom. The van der Waals surface area contributed by atoms with Gasteiger partial charge < -0.3 is 5.32 Å². The molecule has 0 radical (unpaired) electrons. The molecule has 0 fully saturated rings. The summed E-state index contributed by atoms with van der Waals surface area (Å²) in [5, 5.41) is 11.9. The molecule has 0 aliphatic rings. The second-order valence-electron chi connectivity index (χ2n) is 3.14. The van der Waals surface area contributed by atoms with Crippen LogP contribution in [0.15, 0.2) is 0 Å². The Hall–Kier alpha value is -0.400. The van der Waals surface area contributed by atoms with Gasteiger partial charge in [0.15, 0.2) is 0 Å². The van der Waals surface area contributed by atoms with Gasteiger partial charge in [-0.3, -0.25) is 4.21 Å². The summed E-state index contributed by atoms with van der Waals surface area (Å²) in [5.41, 5.74) is 0. The average molecular weight is 202 g/mol. The first-order chi connectivity index (χ1) is 6.11. The fourth-order valence-electron chi connectivity index (χ4n) is 0.908. The van der Waals surface area contributed by atoms with E-state index in [0.29, 0.717) is 0 Å². The molecule has 0 saturated carbocycles. The van der Waals surface area contributed by atoms with Gasteiger partial charge in [-0.15, -0.1) is 0 Å². The molecule has 0 spiro atoms. The second kappa shape index (κ2) is 7.05. The van der Waals surface area contributed by atoms with Gasteiger partial charge in [-0.05, 0) is 19.4 Å². The summed E-state index contributed by atoms with van der Waals surface area (Å²) in [4.78, 5) is 0. The van der Waals surface area contributed by atoms with Gasteiger partial charge in [0.25, 0.3) is 0 Å². The molecule has 0 aliphatic heterocycles. The van der Waals surface area contributed by atoms with Crippen LogP contribution in [0.25, 0.3) is 0 Å². The SMILES string of the molecule is CCC(C#N)NCCC(C)S(C)=O. The molecular formula is C9H18N2OS. The first kappa shape index (κ1) is 12.6. The maximum atomic E-state index is 11.0. The largest absolute Gasteiger partial charge is 0.302 e. The van der Waals surface area contributed by atoms with Crippen molar-refractivity contribution in [1.29, 1.82) is 5.26 Å². The lowest BCUT2D eigenvalue weighted by Crippen LogP contribution is -2.30. The van der Waals surface area contributed by atoms with Crippen LogP contribution in [0.3, 0.4) is 0 Å². The van der Waals surface area contributed by atoms with Crippen LogP contribution in [0.4, 0.5) is 0 Å². The van der Waals surface area contributed by atoms with Gasteiger partial charge in [0.1, 0.15) is 0 Å². The highest BCUT2D eigenvalue weighted by Crippen LogP contribution is 1.98. The minimum absolute atomic E-state index is 0.0579. The lowest BCUT2D eigenvalue weighted by Gasteiger charge is -2.11. The van der Waals surface area contributed by atoms with E-state index in [1.165, 1.54) is 0 Å². The Balaban J connectivity index is 3.56. The van der Waals surface area contributed by atoms with Crippen LogP contribution in [0.5, 0.6) is 0 Å². The summed E-state index contributed by atoms with van der Waals surface area (Å²) in [7, 11) is -0.752. The molecule has 13 heavy (non-hydrogen) atoms. The van der Waals surface area contributed by atoms with Gasteiger partial charge in [-0.2, -0.15) is 5.26 Å². The molecule has 0 aliphatic carbocycles. The van der Waals surface area contributed by atoms with E-state index in [9.17, 15) is 4.21 Å². The maximum absolute atomic E-state index is 11.0. The summed E-state index contributed by atoms with van der Waals surface area (Å²) in [6.45, 7) is 4.71. The topological polar surface area (TPSA) is 52.9 Å². The standard InChI is InChI=1S/C9H18N2OS/c1-4-9(7-10)11-6-5-8(2)13(3)12/h8-9,11H,4-6H2,1-3H3. The highest BCUT2D eigenvalue weighted by molar-refractivity contribution is 7.84. The third kappa shape index (κ3) is 5.78. The monoisotopic (exact) mass is 202 g/mol. The first-order valence-corrected chi connectivity index (χ1v) is 6.19. The van der Waals surface area contributed by atoms with E-state index in [1.54, 1.807) is 6.26 Å². The Morgan fingerprint density at radius 1 is 1.62 bits per heavy atom. The molecule has 1 N–H and O–H groups in total. The second-order valence-corrected chi connectivity index (χ2v) is 4.94. The van der Waals surface area contributed by atoms with E-state index >= 15 is 0 Å². The number of hydrogen-bond donors (Lipinski definition) is 1. The van der Waals surface area contributed by atoms with Crippen molar-refractivity contribution in [2.45, 2.75) is 38.0 Å². The Bertz CT molecular complexity index is 200. The fourth-order valence-corrected chi connectivity index (χ4v) is 1.36. The predicted molar refractivity (Wildman–Crippen MR) is 55.8 cm³/mol. The normalized spacial score (nSPS) is 17.4. The van der Waals surface area contributed by atoms with Crippen LogP contribution in [-0.4, -0.2) is 28.3 Å². The quantitative estimate of drug-likeness (QED) is 0.700. The molecule has 0 rings (SSSR count). The number of hydrogen-bond acceptors (Lipinski definition) is 3. The summed E-state index contributed by atoms with van der Waals surface area (Å²) >= 11 is 0. The van der Waals surface area contributed by atoms with Crippen molar-refractivity contribution in [2.24, 2.45) is 0 Å². The summed E-state index contributed by atoms with van der Waals surface area (Å²) < 4.78 is 11.0.